The van der Waals surface area contributed by atoms with Crippen molar-refractivity contribution in [1.82, 2.24) is 39.6 Å². The zero-order valence-corrected chi connectivity index (χ0v) is 18.1. The van der Waals surface area contributed by atoms with Crippen LogP contribution in [0.25, 0.3) is 22.6 Å². The van der Waals surface area contributed by atoms with Gasteiger partial charge in [0.2, 0.25) is 5.95 Å². The first-order valence-corrected chi connectivity index (χ1v) is 10.5. The highest BCUT2D eigenvalue weighted by Gasteiger charge is 2.25. The smallest absolute Gasteiger partial charge is 0.328 e. The van der Waals surface area contributed by atoms with Crippen molar-refractivity contribution in [1.29, 1.82) is 0 Å². The van der Waals surface area contributed by atoms with E-state index in [0.717, 1.165) is 24.1 Å². The molecule has 11 heteroatoms. The third-order valence-corrected chi connectivity index (χ3v) is 4.92. The zero-order chi connectivity index (χ0) is 22.2. The lowest BCUT2D eigenvalue weighted by Crippen LogP contribution is -2.30. The number of imidazole rings is 1. The normalized spacial score (nSPS) is 13.5. The minimum absolute atomic E-state index is 0.130. The van der Waals surface area contributed by atoms with Crippen molar-refractivity contribution in [3.05, 3.63) is 36.9 Å². The van der Waals surface area contributed by atoms with Crippen molar-refractivity contribution in [3.8, 4) is 11.4 Å². The molecule has 3 aromatic heterocycles. The number of anilines is 3. The molecule has 1 amide bonds. The number of hydrogen-bond donors (Lipinski definition) is 3. The molecule has 3 N–H and O–H groups in total. The predicted molar refractivity (Wildman–Crippen MR) is 121 cm³/mol. The number of hydrogen-bond acceptors (Lipinski definition) is 8. The second kappa shape index (κ2) is 7.91. The molecule has 164 valence electrons. The highest BCUT2D eigenvalue weighted by atomic mass is 16.2. The van der Waals surface area contributed by atoms with Crippen molar-refractivity contribution in [3.63, 3.8) is 0 Å². The van der Waals surface area contributed by atoms with Gasteiger partial charge in [0.25, 0.3) is 0 Å². The molecule has 3 heterocycles. The summed E-state index contributed by atoms with van der Waals surface area (Å²) in [6, 6.07) is 7.81. The summed E-state index contributed by atoms with van der Waals surface area (Å²) in [6.07, 6.45) is 5.15. The summed E-state index contributed by atoms with van der Waals surface area (Å²) >= 11 is 0. The van der Waals surface area contributed by atoms with E-state index in [2.05, 4.69) is 41.0 Å². The molecule has 0 aliphatic heterocycles. The molecule has 5 rings (SSSR count). The number of benzene rings is 1. The Hall–Kier alpha value is -4.02. The third-order valence-electron chi connectivity index (χ3n) is 4.92. The Bertz CT molecular complexity index is 1290. The van der Waals surface area contributed by atoms with E-state index < -0.39 is 0 Å². The Labute approximate surface area is 184 Å². The number of rotatable bonds is 6. The van der Waals surface area contributed by atoms with Crippen LogP contribution < -0.4 is 16.0 Å². The zero-order valence-electron chi connectivity index (χ0n) is 18.1. The minimum Gasteiger partial charge on any atom is -0.366 e. The minimum atomic E-state index is -0.238. The fourth-order valence-corrected chi connectivity index (χ4v) is 3.29. The van der Waals surface area contributed by atoms with Crippen LogP contribution in [0, 0.1) is 0 Å². The van der Waals surface area contributed by atoms with Gasteiger partial charge in [0.1, 0.15) is 12.7 Å². The summed E-state index contributed by atoms with van der Waals surface area (Å²) in [5.41, 5.74) is 2.62. The predicted octanol–water partition coefficient (Wildman–Crippen LogP) is 2.91. The molecule has 32 heavy (non-hydrogen) atoms. The molecule has 11 nitrogen and oxygen atoms in total. The molecule has 0 radical (unpaired) electrons. The van der Waals surface area contributed by atoms with Crippen LogP contribution in [0.2, 0.25) is 0 Å². The number of carbonyl (C=O) groups is 1. The van der Waals surface area contributed by atoms with Crippen molar-refractivity contribution in [2.24, 2.45) is 7.05 Å². The SMILES string of the molecule is CC(C)Nc1nc(Nc2cccc(-c3ncn(C)n3)c2)nc2c1ncn2C(=O)NC1CC1. The average Bonchev–Trinajstić information content (AvgIpc) is 3.28. The highest BCUT2D eigenvalue weighted by molar-refractivity contribution is 5.92. The molecule has 1 aromatic carbocycles. The van der Waals surface area contributed by atoms with Gasteiger partial charge in [0, 0.05) is 30.4 Å². The van der Waals surface area contributed by atoms with Crippen molar-refractivity contribution < 1.29 is 4.79 Å². The van der Waals surface area contributed by atoms with Gasteiger partial charge in [-0.3, -0.25) is 4.68 Å². The molecule has 1 aliphatic carbocycles. The van der Waals surface area contributed by atoms with Crippen LogP contribution in [0.4, 0.5) is 22.2 Å². The number of aromatic nitrogens is 7. The Balaban J connectivity index is 1.51. The molecule has 1 saturated carbocycles. The Morgan fingerprint density at radius 1 is 1.16 bits per heavy atom. The summed E-state index contributed by atoms with van der Waals surface area (Å²) in [7, 11) is 1.83. The lowest BCUT2D eigenvalue weighted by Gasteiger charge is -2.13. The maximum Gasteiger partial charge on any atom is 0.328 e. The molecular formula is C21H24N10O. The molecule has 0 atom stereocenters. The van der Waals surface area contributed by atoms with E-state index in [-0.39, 0.29) is 18.1 Å². The van der Waals surface area contributed by atoms with Crippen LogP contribution in [-0.2, 0) is 7.05 Å². The van der Waals surface area contributed by atoms with E-state index in [1.54, 1.807) is 11.0 Å². The topological polar surface area (TPSA) is 127 Å². The number of nitrogens with one attached hydrogen (secondary N) is 3. The first-order chi connectivity index (χ1) is 15.5. The van der Waals surface area contributed by atoms with Gasteiger partial charge in [-0.2, -0.15) is 15.1 Å². The standard InChI is InChI=1S/C21H24N10O/c1-12(2)24-18-16-19(31(11-22-16)21(32)26-14-7-8-14)28-20(27-18)25-15-6-4-5-13(9-15)17-23-10-30(3)29-17/h4-6,9-12,14H,7-8H2,1-3H3,(H,26,32)(H2,24,25,27,28). The number of aryl methyl sites for hydroxylation is 1. The second-order valence-corrected chi connectivity index (χ2v) is 8.15. The van der Waals surface area contributed by atoms with E-state index in [1.807, 2.05) is 45.2 Å². The molecule has 1 fully saturated rings. The average molecular weight is 432 g/mol. The molecule has 1 aliphatic rings. The van der Waals surface area contributed by atoms with Gasteiger partial charge >= 0.3 is 6.03 Å². The fourth-order valence-electron chi connectivity index (χ4n) is 3.29. The van der Waals surface area contributed by atoms with Gasteiger partial charge < -0.3 is 16.0 Å². The molecule has 0 saturated heterocycles. The lowest BCUT2D eigenvalue weighted by molar-refractivity contribution is 0.242. The van der Waals surface area contributed by atoms with Gasteiger partial charge in [-0.25, -0.2) is 19.3 Å². The van der Waals surface area contributed by atoms with Crippen LogP contribution in [0.5, 0.6) is 0 Å². The Morgan fingerprint density at radius 3 is 2.72 bits per heavy atom. The summed E-state index contributed by atoms with van der Waals surface area (Å²) in [6.45, 7) is 4.03. The maximum atomic E-state index is 12.7. The van der Waals surface area contributed by atoms with Crippen LogP contribution in [0.3, 0.4) is 0 Å². The number of carbonyl (C=O) groups excluding carboxylic acids is 1. The first-order valence-electron chi connectivity index (χ1n) is 10.5. The van der Waals surface area contributed by atoms with Crippen LogP contribution in [0.1, 0.15) is 26.7 Å². The third kappa shape index (κ3) is 4.09. The fraction of sp³-hybridized carbons (Fsp3) is 0.333. The number of nitrogens with zero attached hydrogens (tertiary/aromatic N) is 7. The van der Waals surface area contributed by atoms with Crippen molar-refractivity contribution in [2.45, 2.75) is 38.8 Å². The molecule has 0 bridgehead atoms. The largest absolute Gasteiger partial charge is 0.366 e. The van der Waals surface area contributed by atoms with Crippen LogP contribution >= 0.6 is 0 Å². The van der Waals surface area contributed by atoms with Crippen molar-refractivity contribution in [2.75, 3.05) is 10.6 Å². The highest BCUT2D eigenvalue weighted by Crippen LogP contribution is 2.26. The van der Waals surface area contributed by atoms with Gasteiger partial charge in [0.15, 0.2) is 22.8 Å². The van der Waals surface area contributed by atoms with Crippen LogP contribution in [-0.4, -0.2) is 52.4 Å². The lowest BCUT2D eigenvalue weighted by atomic mass is 10.2. The van der Waals surface area contributed by atoms with Crippen molar-refractivity contribution >= 4 is 34.6 Å². The van der Waals surface area contributed by atoms with E-state index >= 15 is 0 Å². The number of amides is 1. The summed E-state index contributed by atoms with van der Waals surface area (Å²) in [5, 5.41) is 13.9. The summed E-state index contributed by atoms with van der Waals surface area (Å²) in [5.74, 6) is 1.55. The molecular weight excluding hydrogens is 408 g/mol. The Kier molecular flexibility index (Phi) is 4.92. The van der Waals surface area contributed by atoms with E-state index in [1.165, 1.54) is 10.9 Å². The van der Waals surface area contributed by atoms with E-state index in [9.17, 15) is 4.79 Å². The molecule has 0 spiro atoms. The van der Waals surface area contributed by atoms with Gasteiger partial charge in [-0.1, -0.05) is 12.1 Å². The maximum absolute atomic E-state index is 12.7. The molecule has 4 aromatic rings. The summed E-state index contributed by atoms with van der Waals surface area (Å²) < 4.78 is 3.09. The number of fused-ring (bicyclic) bond motifs is 1. The summed E-state index contributed by atoms with van der Waals surface area (Å²) in [4.78, 5) is 30.6. The van der Waals surface area contributed by atoms with Gasteiger partial charge in [-0.15, -0.1) is 0 Å². The van der Waals surface area contributed by atoms with E-state index in [4.69, 9.17) is 0 Å². The quantitative estimate of drug-likeness (QED) is 0.424. The van der Waals surface area contributed by atoms with Crippen LogP contribution in [0.15, 0.2) is 36.9 Å². The van der Waals surface area contributed by atoms with E-state index in [0.29, 0.717) is 28.8 Å². The van der Waals surface area contributed by atoms with Gasteiger partial charge in [0.05, 0.1) is 0 Å². The Morgan fingerprint density at radius 2 is 2.00 bits per heavy atom. The second-order valence-electron chi connectivity index (χ2n) is 8.15. The first kappa shape index (κ1) is 19.9. The van der Waals surface area contributed by atoms with Gasteiger partial charge in [-0.05, 0) is 38.8 Å². The monoisotopic (exact) mass is 432 g/mol. The molecule has 0 unspecified atom stereocenters.